The minimum absolute atomic E-state index is 0.00555. The van der Waals surface area contributed by atoms with E-state index >= 15 is 0 Å². The number of thioether (sulfide) groups is 2. The van der Waals surface area contributed by atoms with Crippen LogP contribution in [0, 0.1) is 0 Å². The Morgan fingerprint density at radius 2 is 0.725 bits per heavy atom. The Hall–Kier alpha value is -3.72. The number of carbonyl (C=O) groups is 2. The number of hydrogen-bond donors (Lipinski definition) is 1. The van der Waals surface area contributed by atoms with Gasteiger partial charge in [0.2, 0.25) is 0 Å². The molecule has 0 spiro atoms. The summed E-state index contributed by atoms with van der Waals surface area (Å²) in [6.07, 6.45) is 0. The summed E-state index contributed by atoms with van der Waals surface area (Å²) in [7, 11) is 0. The van der Waals surface area contributed by atoms with Gasteiger partial charge in [0.15, 0.2) is 0 Å². The van der Waals surface area contributed by atoms with Crippen molar-refractivity contribution in [3.05, 3.63) is 215 Å². The zero-order valence-electron chi connectivity index (χ0n) is 28.2. The molecule has 0 saturated carbocycles. The van der Waals surface area contributed by atoms with Crippen molar-refractivity contribution >= 4 is 67.7 Å². The Labute approximate surface area is 327 Å². The molecule has 0 aliphatic rings. The van der Waals surface area contributed by atoms with E-state index in [0.717, 1.165) is 50.2 Å². The molecule has 1 amide bonds. The second kappa shape index (κ2) is 17.7. The van der Waals surface area contributed by atoms with Gasteiger partial charge >= 0.3 is 330 Å². The van der Waals surface area contributed by atoms with Crippen LogP contribution in [-0.2, 0) is 19.1 Å². The Morgan fingerprint density at radius 1 is 0.471 bits per heavy atom. The van der Waals surface area contributed by atoms with Crippen LogP contribution in [-0.4, -0.2) is 61.7 Å². The Balaban J connectivity index is 1.27. The van der Waals surface area contributed by atoms with Crippen molar-refractivity contribution in [2.24, 2.45) is 0 Å². The van der Waals surface area contributed by atoms with E-state index in [-0.39, 0.29) is 15.2 Å². The van der Waals surface area contributed by atoms with Crippen molar-refractivity contribution in [2.45, 2.75) is 20.2 Å². The second-order valence-corrected chi connectivity index (χ2v) is 17.6. The van der Waals surface area contributed by atoms with Crippen molar-refractivity contribution in [3.8, 4) is 0 Å². The summed E-state index contributed by atoms with van der Waals surface area (Å²) in [5.74, 6) is 0.915. The molecule has 0 aromatic heterocycles. The predicted octanol–water partition coefficient (Wildman–Crippen LogP) is 7.50. The maximum atomic E-state index is 14.1. The Bertz CT molecular complexity index is 1790. The zero-order valence-corrected chi connectivity index (χ0v) is 34.7. The first kappa shape index (κ1) is 37.0. The molecule has 0 fully saturated rings. The average Bonchev–Trinajstić information content (AvgIpc) is 3.20. The van der Waals surface area contributed by atoms with Gasteiger partial charge in [-0.15, -0.1) is 0 Å². The fourth-order valence-electron chi connectivity index (χ4n) is 6.51. The first-order valence-electron chi connectivity index (χ1n) is 16.9. The van der Waals surface area contributed by atoms with Crippen LogP contribution in [0.3, 0.4) is 0 Å². The summed E-state index contributed by atoms with van der Waals surface area (Å²) in [4.78, 5) is 27.4. The number of amides is 1. The van der Waals surface area contributed by atoms with Gasteiger partial charge in [-0.3, -0.25) is 0 Å². The molecule has 4 atom stereocenters. The second-order valence-electron chi connectivity index (χ2n) is 12.3. The topological polar surface area (TPSA) is 46.2 Å². The van der Waals surface area contributed by atoms with Crippen molar-refractivity contribution < 1.29 is 9.59 Å². The molecule has 6 rings (SSSR count). The van der Waals surface area contributed by atoms with Crippen LogP contribution in [0.5, 0.6) is 0 Å². The van der Waals surface area contributed by atoms with E-state index in [9.17, 15) is 9.59 Å². The molecule has 0 radical (unpaired) electrons. The van der Waals surface area contributed by atoms with Crippen molar-refractivity contribution in [2.75, 3.05) is 11.5 Å². The minimum atomic E-state index is -0.622. The summed E-state index contributed by atoms with van der Waals surface area (Å²) >= 11 is 5.87. The Morgan fingerprint density at radius 3 is 0.980 bits per heavy atom. The molecule has 51 heavy (non-hydrogen) atoms. The molecule has 0 bridgehead atoms. The third-order valence-electron chi connectivity index (χ3n) is 9.02. The van der Waals surface area contributed by atoms with Crippen LogP contribution in [0.15, 0.2) is 182 Å². The molecule has 0 heterocycles. The van der Waals surface area contributed by atoms with Gasteiger partial charge in [-0.05, 0) is 0 Å². The van der Waals surface area contributed by atoms with E-state index in [1.165, 1.54) is 16.9 Å². The molecule has 0 aliphatic heterocycles. The monoisotopic (exact) mass is 829 g/mol. The number of hydrogen-bond acceptors (Lipinski definition) is 4. The van der Waals surface area contributed by atoms with Crippen molar-refractivity contribution in [3.63, 3.8) is 0 Å². The average molecular weight is 830 g/mol. The van der Waals surface area contributed by atoms with Gasteiger partial charge in [-0.25, -0.2) is 0 Å². The van der Waals surface area contributed by atoms with Gasteiger partial charge < -0.3 is 0 Å². The third kappa shape index (κ3) is 8.34. The maximum absolute atomic E-state index is 14.1. The molecule has 6 aromatic rings. The normalized spacial score (nSPS) is 12.8. The number of benzene rings is 6. The molecule has 7 heteroatoms. The van der Waals surface area contributed by atoms with Crippen LogP contribution >= 0.6 is 23.5 Å². The van der Waals surface area contributed by atoms with Gasteiger partial charge in [-0.1, -0.05) is 0 Å². The molecule has 1 N–H and O–H groups in total. The van der Waals surface area contributed by atoms with Crippen molar-refractivity contribution in [1.82, 2.24) is 5.32 Å². The van der Waals surface area contributed by atoms with Crippen LogP contribution in [0.2, 0.25) is 4.71 Å². The van der Waals surface area contributed by atoms with E-state index in [2.05, 4.69) is 151 Å². The quantitative estimate of drug-likeness (QED) is 0.0861. The first-order valence-corrected chi connectivity index (χ1v) is 21.5. The Kier molecular flexibility index (Phi) is 12.8. The van der Waals surface area contributed by atoms with Gasteiger partial charge in [0.05, 0.1) is 0 Å². The fourth-order valence-corrected chi connectivity index (χ4v) is 11.2. The van der Waals surface area contributed by atoms with Crippen LogP contribution in [0.1, 0.15) is 33.4 Å². The summed E-state index contributed by atoms with van der Waals surface area (Å²) in [5, 5.41) is 3.21. The van der Waals surface area contributed by atoms with E-state index in [1.807, 2.05) is 36.4 Å². The van der Waals surface area contributed by atoms with E-state index in [0.29, 0.717) is 11.5 Å². The van der Waals surface area contributed by atoms with Crippen LogP contribution in [0.4, 0.5) is 0 Å². The standard InChI is InChI=1S/C44H41As2NO2S2/c45-39(31-50-43(33-19-7-1-8-20-33,34-21-9-2-10-22-34)35-23-11-3-12-24-35)42(49)47-40(41(46)48)32-51-44(36-25-13-4-14-26-36,37-27-15-5-16-28-37)38-29-17-6-18-30-38/h1-30,39-40H,31-32,45-46H2,(H,47,49). The fraction of sp³-hybridized carbons (Fsp3) is 0.136. The van der Waals surface area contributed by atoms with Crippen LogP contribution < -0.4 is 5.32 Å². The predicted molar refractivity (Wildman–Crippen MR) is 221 cm³/mol. The summed E-state index contributed by atoms with van der Waals surface area (Å²) in [6.45, 7) is 0. The first-order chi connectivity index (χ1) is 24.9. The number of carbonyl (C=O) groups excluding carboxylic acids is 2. The van der Waals surface area contributed by atoms with Gasteiger partial charge in [0.25, 0.3) is 0 Å². The van der Waals surface area contributed by atoms with Gasteiger partial charge in [0, 0.05) is 0 Å². The van der Waals surface area contributed by atoms with Gasteiger partial charge in [0.1, 0.15) is 0 Å². The summed E-state index contributed by atoms with van der Waals surface area (Å²) < 4.78 is -1.39. The van der Waals surface area contributed by atoms with Gasteiger partial charge in [-0.2, -0.15) is 0 Å². The zero-order chi connectivity index (χ0) is 35.5. The third-order valence-corrected chi connectivity index (χ3v) is 15.0. The van der Waals surface area contributed by atoms with E-state index in [1.54, 1.807) is 23.5 Å². The van der Waals surface area contributed by atoms with Crippen molar-refractivity contribution in [1.29, 1.82) is 0 Å². The molecule has 4 unspecified atom stereocenters. The molecule has 6 aromatic carbocycles. The molecule has 0 saturated heterocycles. The SMILES string of the molecule is O=C(NC(CSC(c1ccccc1)(c1ccccc1)c1ccccc1)C(=O)[AsH2])C([AsH2])CSC(c1ccccc1)(c1ccccc1)c1ccccc1. The number of rotatable bonds is 15. The number of nitrogens with one attached hydrogen (secondary N) is 1. The molecule has 256 valence electrons. The molecular weight excluding hydrogens is 788 g/mol. The van der Waals surface area contributed by atoms with E-state index in [4.69, 9.17) is 0 Å². The van der Waals surface area contributed by atoms with Crippen LogP contribution in [0.25, 0.3) is 0 Å². The molecular formula is C44H41As2NO2S2. The molecule has 3 nitrogen and oxygen atoms in total. The summed E-state index contributed by atoms with van der Waals surface area (Å²) in [5.41, 5.74) is 6.85. The molecule has 0 aliphatic carbocycles. The summed E-state index contributed by atoms with van der Waals surface area (Å²) in [6, 6.07) is 62.4. The van der Waals surface area contributed by atoms with E-state index < -0.39 is 15.5 Å².